The van der Waals surface area contributed by atoms with E-state index in [4.69, 9.17) is 4.74 Å². The Kier molecular flexibility index (Phi) is 44.8. The summed E-state index contributed by atoms with van der Waals surface area (Å²) in [4.78, 5) is 26.1. The van der Waals surface area contributed by atoms with Crippen molar-refractivity contribution in [1.82, 2.24) is 5.32 Å². The minimum absolute atomic E-state index is 0.0466. The predicted molar refractivity (Wildman–Crippen MR) is 259 cm³/mol. The maximum absolute atomic E-state index is 13.2. The van der Waals surface area contributed by atoms with Gasteiger partial charge in [-0.3, -0.25) is 9.59 Å². The lowest BCUT2D eigenvalue weighted by molar-refractivity contribution is -0.151. The van der Waals surface area contributed by atoms with E-state index < -0.39 is 18.2 Å². The van der Waals surface area contributed by atoms with Gasteiger partial charge in [0.25, 0.3) is 0 Å². The first-order chi connectivity index (χ1) is 29.5. The zero-order valence-corrected chi connectivity index (χ0v) is 39.1. The fraction of sp³-hybridized carbons (Fsp3) is 0.704. The third kappa shape index (κ3) is 41.8. The Morgan fingerprint density at radius 1 is 0.517 bits per heavy atom. The highest BCUT2D eigenvalue weighted by Gasteiger charge is 2.24. The molecule has 3 N–H and O–H groups in total. The Morgan fingerprint density at radius 3 is 1.53 bits per heavy atom. The zero-order valence-electron chi connectivity index (χ0n) is 39.1. The minimum atomic E-state index is -0.802. The summed E-state index contributed by atoms with van der Waals surface area (Å²) in [5.41, 5.74) is 0. The lowest BCUT2D eigenvalue weighted by Gasteiger charge is -2.24. The summed E-state index contributed by atoms with van der Waals surface area (Å²) in [6.07, 6.45) is 60.6. The number of rotatable bonds is 43. The summed E-state index contributed by atoms with van der Waals surface area (Å²) in [6, 6.07) is -0.719. The second-order valence-corrected chi connectivity index (χ2v) is 16.6. The van der Waals surface area contributed by atoms with Crippen molar-refractivity contribution in [3.8, 4) is 0 Å². The molecule has 0 bridgehead atoms. The molecule has 1 amide bonds. The topological polar surface area (TPSA) is 95.9 Å². The van der Waals surface area contributed by atoms with Crippen molar-refractivity contribution in [2.75, 3.05) is 6.61 Å². The Balaban J connectivity index is 4.73. The summed E-state index contributed by atoms with van der Waals surface area (Å²) < 4.78 is 5.90. The average Bonchev–Trinajstić information content (AvgIpc) is 3.24. The number of aliphatic hydroxyl groups is 2. The van der Waals surface area contributed by atoms with E-state index in [2.05, 4.69) is 68.6 Å². The number of nitrogens with one attached hydrogen (secondary N) is 1. The highest BCUT2D eigenvalue weighted by atomic mass is 16.5. The molecule has 6 nitrogen and oxygen atoms in total. The Labute approximate surface area is 370 Å². The molecule has 0 saturated carbocycles. The van der Waals surface area contributed by atoms with Crippen molar-refractivity contribution in [3.63, 3.8) is 0 Å². The van der Waals surface area contributed by atoms with Crippen LogP contribution in [0, 0.1) is 0 Å². The van der Waals surface area contributed by atoms with Gasteiger partial charge in [0.1, 0.15) is 6.10 Å². The maximum atomic E-state index is 13.2. The van der Waals surface area contributed by atoms with Gasteiger partial charge in [-0.15, -0.1) is 0 Å². The molecule has 0 spiro atoms. The lowest BCUT2D eigenvalue weighted by Crippen LogP contribution is -2.46. The number of esters is 1. The van der Waals surface area contributed by atoms with E-state index in [0.29, 0.717) is 19.3 Å². The molecular formula is C54H93NO5. The largest absolute Gasteiger partial charge is 0.462 e. The van der Waals surface area contributed by atoms with E-state index in [1.807, 2.05) is 42.5 Å². The monoisotopic (exact) mass is 836 g/mol. The van der Waals surface area contributed by atoms with Gasteiger partial charge in [0.05, 0.1) is 25.2 Å². The van der Waals surface area contributed by atoms with Gasteiger partial charge >= 0.3 is 5.97 Å². The number of hydrogen-bond donors (Lipinski definition) is 3. The molecule has 0 fully saturated rings. The Morgan fingerprint density at radius 2 is 0.967 bits per heavy atom. The van der Waals surface area contributed by atoms with E-state index in [1.165, 1.54) is 83.5 Å². The van der Waals surface area contributed by atoms with Gasteiger partial charge in [0.2, 0.25) is 5.91 Å². The summed E-state index contributed by atoms with van der Waals surface area (Å²) in [5.74, 6) is -0.542. The summed E-state index contributed by atoms with van der Waals surface area (Å²) in [6.45, 7) is 6.28. The number of amides is 1. The van der Waals surface area contributed by atoms with E-state index in [-0.39, 0.29) is 24.9 Å². The fourth-order valence-corrected chi connectivity index (χ4v) is 7.07. The molecule has 0 rings (SSSR count). The summed E-state index contributed by atoms with van der Waals surface area (Å²) in [7, 11) is 0. The molecule has 0 aliphatic rings. The van der Waals surface area contributed by atoms with Crippen LogP contribution in [-0.4, -0.2) is 46.9 Å². The molecule has 0 aromatic carbocycles. The number of allylic oxidation sites excluding steroid dienone is 14. The lowest BCUT2D eigenvalue weighted by atomic mass is 10.0. The highest BCUT2D eigenvalue weighted by Crippen LogP contribution is 2.17. The average molecular weight is 836 g/mol. The molecule has 0 aliphatic carbocycles. The van der Waals surface area contributed by atoms with Gasteiger partial charge in [0.15, 0.2) is 0 Å². The van der Waals surface area contributed by atoms with Crippen LogP contribution in [0.15, 0.2) is 85.1 Å². The molecule has 0 aliphatic heterocycles. The van der Waals surface area contributed by atoms with Crippen molar-refractivity contribution in [3.05, 3.63) is 85.1 Å². The molecule has 60 heavy (non-hydrogen) atoms. The number of aliphatic hydroxyl groups excluding tert-OH is 2. The van der Waals surface area contributed by atoms with Crippen LogP contribution in [0.4, 0.5) is 0 Å². The van der Waals surface area contributed by atoms with Crippen molar-refractivity contribution in [2.24, 2.45) is 0 Å². The van der Waals surface area contributed by atoms with E-state index >= 15 is 0 Å². The van der Waals surface area contributed by atoms with Gasteiger partial charge in [0, 0.05) is 6.42 Å². The second kappa shape index (κ2) is 47.1. The van der Waals surface area contributed by atoms with Crippen LogP contribution < -0.4 is 5.32 Å². The molecule has 6 heteroatoms. The Bertz CT molecular complexity index is 1160. The molecule has 0 radical (unpaired) electrons. The van der Waals surface area contributed by atoms with E-state index in [0.717, 1.165) is 89.9 Å². The molecule has 3 unspecified atom stereocenters. The number of hydrogen-bond acceptors (Lipinski definition) is 5. The van der Waals surface area contributed by atoms with Crippen molar-refractivity contribution in [2.45, 2.75) is 238 Å². The van der Waals surface area contributed by atoms with Gasteiger partial charge in [-0.1, -0.05) is 215 Å². The van der Waals surface area contributed by atoms with E-state index in [9.17, 15) is 19.8 Å². The predicted octanol–water partition coefficient (Wildman–Crippen LogP) is 14.8. The van der Waals surface area contributed by atoms with Crippen LogP contribution in [0.5, 0.6) is 0 Å². The van der Waals surface area contributed by atoms with Crippen LogP contribution in [0.25, 0.3) is 0 Å². The third-order valence-corrected chi connectivity index (χ3v) is 10.8. The standard InChI is InChI=1S/C54H93NO5/c1-4-7-10-13-16-19-22-24-26-28-31-33-36-39-42-45-50(60-54(59)47-44-41-38-35-32-29-27-25-23-20-17-14-11-8-5-2)48-53(58)55-51(49-56)52(57)46-43-40-37-34-30-21-18-15-12-9-6-3/h8,11,14,16-17,19-20,23-27,29,32,50-52,56-57H,4-7,9-10,12-13,15,18,21-22,28,30-31,33-49H2,1-3H3,(H,55,58)/b11-8+,17-14+,19-16-,23-20-,26-24-,27-25-,32-29+. The van der Waals surface area contributed by atoms with Crippen molar-refractivity contribution in [1.29, 1.82) is 0 Å². The van der Waals surface area contributed by atoms with Crippen LogP contribution in [0.2, 0.25) is 0 Å². The SMILES string of the molecule is CC/C=C/C=C/C=C\C=C/C=C/CCCCCC(=O)OC(CCCCCCC/C=C\C/C=C\CCCCC)CC(=O)NC(CO)C(O)CCCCCCCCCCCCC. The molecule has 3 atom stereocenters. The fourth-order valence-electron chi connectivity index (χ4n) is 7.07. The molecule has 0 aromatic rings. The van der Waals surface area contributed by atoms with Crippen LogP contribution in [-0.2, 0) is 14.3 Å². The van der Waals surface area contributed by atoms with Gasteiger partial charge in [-0.05, 0) is 77.0 Å². The highest BCUT2D eigenvalue weighted by molar-refractivity contribution is 5.77. The number of unbranched alkanes of at least 4 members (excludes halogenated alkanes) is 21. The summed E-state index contributed by atoms with van der Waals surface area (Å²) >= 11 is 0. The molecule has 344 valence electrons. The molecule has 0 heterocycles. The van der Waals surface area contributed by atoms with E-state index in [1.54, 1.807) is 0 Å². The summed E-state index contributed by atoms with van der Waals surface area (Å²) in [5, 5.41) is 23.7. The molecule has 0 aromatic heterocycles. The van der Waals surface area contributed by atoms with Crippen molar-refractivity contribution >= 4 is 11.9 Å². The van der Waals surface area contributed by atoms with Gasteiger partial charge < -0.3 is 20.3 Å². The zero-order chi connectivity index (χ0) is 43.8. The van der Waals surface area contributed by atoms with Gasteiger partial charge in [-0.2, -0.15) is 0 Å². The van der Waals surface area contributed by atoms with Gasteiger partial charge in [-0.25, -0.2) is 0 Å². The van der Waals surface area contributed by atoms with Crippen LogP contribution in [0.1, 0.15) is 220 Å². The first-order valence-electron chi connectivity index (χ1n) is 24.9. The quantitative estimate of drug-likeness (QED) is 0.0246. The number of carbonyl (C=O) groups excluding carboxylic acids is 2. The minimum Gasteiger partial charge on any atom is -0.462 e. The number of ether oxygens (including phenoxy) is 1. The number of carbonyl (C=O) groups is 2. The Hall–Kier alpha value is -2.96. The van der Waals surface area contributed by atoms with Crippen LogP contribution >= 0.6 is 0 Å². The smallest absolute Gasteiger partial charge is 0.306 e. The first kappa shape index (κ1) is 57.0. The van der Waals surface area contributed by atoms with Crippen molar-refractivity contribution < 1.29 is 24.5 Å². The third-order valence-electron chi connectivity index (χ3n) is 10.8. The normalized spacial score (nSPS) is 14.0. The first-order valence-corrected chi connectivity index (χ1v) is 24.9. The van der Waals surface area contributed by atoms with Crippen LogP contribution in [0.3, 0.4) is 0 Å². The maximum Gasteiger partial charge on any atom is 0.306 e. The second-order valence-electron chi connectivity index (χ2n) is 16.6. The molecule has 0 saturated heterocycles. The molecular weight excluding hydrogens is 743 g/mol.